The molecule has 0 bridgehead atoms. The zero-order valence-electron chi connectivity index (χ0n) is 17.6. The minimum atomic E-state index is 0. The number of aliphatic imine (C=N–C) groups is 1. The Morgan fingerprint density at radius 3 is 2.93 bits per heavy atom. The first kappa shape index (κ1) is 23.4. The number of guanidine groups is 1. The van der Waals surface area contributed by atoms with E-state index >= 15 is 0 Å². The second-order valence-corrected chi connectivity index (χ2v) is 7.89. The molecule has 2 fully saturated rings. The molecule has 28 heavy (non-hydrogen) atoms. The van der Waals surface area contributed by atoms with Gasteiger partial charge in [-0.2, -0.15) is 5.10 Å². The summed E-state index contributed by atoms with van der Waals surface area (Å²) >= 11 is 0. The summed E-state index contributed by atoms with van der Waals surface area (Å²) in [5, 5.41) is 7.74. The number of nitrogens with one attached hydrogen (secondary N) is 1. The van der Waals surface area contributed by atoms with Gasteiger partial charge in [0.1, 0.15) is 6.10 Å². The minimum absolute atomic E-state index is 0. The second kappa shape index (κ2) is 12.0. The first-order valence-electron chi connectivity index (χ1n) is 10.5. The van der Waals surface area contributed by atoms with E-state index in [1.54, 1.807) is 0 Å². The maximum absolute atomic E-state index is 5.97. The van der Waals surface area contributed by atoms with Gasteiger partial charge < -0.3 is 19.9 Å². The quantitative estimate of drug-likeness (QED) is 0.279. The van der Waals surface area contributed by atoms with Crippen LogP contribution in [-0.4, -0.2) is 78.0 Å². The van der Waals surface area contributed by atoms with Crippen LogP contribution < -0.4 is 5.32 Å². The zero-order chi connectivity index (χ0) is 19.1. The molecule has 2 aliphatic heterocycles. The molecule has 8 heteroatoms. The number of hydrogen-bond donors (Lipinski definition) is 1. The van der Waals surface area contributed by atoms with Crippen LogP contribution in [0, 0.1) is 5.92 Å². The largest absolute Gasteiger partial charge is 0.370 e. The van der Waals surface area contributed by atoms with Crippen LogP contribution in [-0.2, 0) is 11.8 Å². The summed E-state index contributed by atoms with van der Waals surface area (Å²) in [6, 6.07) is 0. The molecule has 3 heterocycles. The third-order valence-electron chi connectivity index (χ3n) is 5.43. The molecule has 0 amide bonds. The summed E-state index contributed by atoms with van der Waals surface area (Å²) in [5.74, 6) is 1.86. The molecule has 0 aliphatic carbocycles. The highest BCUT2D eigenvalue weighted by Gasteiger charge is 2.25. The van der Waals surface area contributed by atoms with Crippen molar-refractivity contribution in [3.8, 4) is 0 Å². The summed E-state index contributed by atoms with van der Waals surface area (Å²) in [4.78, 5) is 9.83. The smallest absolute Gasteiger partial charge is 0.194 e. The average Bonchev–Trinajstić information content (AvgIpc) is 3.11. The van der Waals surface area contributed by atoms with Gasteiger partial charge in [0.15, 0.2) is 5.96 Å². The molecule has 2 aliphatic rings. The molecular weight excluding hydrogens is 467 g/mol. The van der Waals surface area contributed by atoms with Crippen LogP contribution in [0.1, 0.15) is 44.8 Å². The van der Waals surface area contributed by atoms with Crippen LogP contribution in [0.15, 0.2) is 17.4 Å². The first-order valence-corrected chi connectivity index (χ1v) is 10.5. The molecule has 2 unspecified atom stereocenters. The highest BCUT2D eigenvalue weighted by molar-refractivity contribution is 14.0. The molecule has 2 atom stereocenters. The number of aromatic nitrogens is 2. The third kappa shape index (κ3) is 6.88. The number of ether oxygens (including phenoxy) is 1. The summed E-state index contributed by atoms with van der Waals surface area (Å²) in [5.41, 5.74) is 1.14. The van der Waals surface area contributed by atoms with Crippen molar-refractivity contribution in [2.24, 2.45) is 18.0 Å². The van der Waals surface area contributed by atoms with E-state index in [0.717, 1.165) is 63.2 Å². The van der Waals surface area contributed by atoms with Gasteiger partial charge in [-0.1, -0.05) is 6.92 Å². The number of morpholine rings is 1. The third-order valence-corrected chi connectivity index (χ3v) is 5.43. The van der Waals surface area contributed by atoms with Crippen molar-refractivity contribution in [2.75, 3.05) is 52.4 Å². The lowest BCUT2D eigenvalue weighted by atomic mass is 10.0. The fourth-order valence-electron chi connectivity index (χ4n) is 4.04. The summed E-state index contributed by atoms with van der Waals surface area (Å²) in [6.45, 7) is 12.3. The Morgan fingerprint density at radius 2 is 2.21 bits per heavy atom. The number of piperidine rings is 1. The van der Waals surface area contributed by atoms with Crippen molar-refractivity contribution in [2.45, 2.75) is 39.2 Å². The maximum atomic E-state index is 5.97. The summed E-state index contributed by atoms with van der Waals surface area (Å²) < 4.78 is 7.80. The Hall–Kier alpha value is -0.870. The summed E-state index contributed by atoms with van der Waals surface area (Å²) in [7, 11) is 1.94. The van der Waals surface area contributed by atoms with Crippen LogP contribution in [0.5, 0.6) is 0 Å². The van der Waals surface area contributed by atoms with E-state index in [9.17, 15) is 0 Å². The SMILES string of the molecule is CCNC(=NCCCN1CCCC(C)C1)N1CCOC(c2cnn(C)c2)C1.I. The van der Waals surface area contributed by atoms with E-state index in [2.05, 4.69) is 34.1 Å². The number of rotatable bonds is 6. The number of hydrogen-bond acceptors (Lipinski definition) is 4. The molecule has 0 saturated carbocycles. The molecule has 7 nitrogen and oxygen atoms in total. The van der Waals surface area contributed by atoms with Crippen molar-refractivity contribution in [1.29, 1.82) is 0 Å². The molecular formula is C20H37IN6O. The molecule has 0 spiro atoms. The molecule has 0 radical (unpaired) electrons. The average molecular weight is 504 g/mol. The first-order chi connectivity index (χ1) is 13.2. The van der Waals surface area contributed by atoms with Gasteiger partial charge in [0.25, 0.3) is 0 Å². The van der Waals surface area contributed by atoms with Gasteiger partial charge in [-0.3, -0.25) is 9.67 Å². The lowest BCUT2D eigenvalue weighted by molar-refractivity contribution is -0.00804. The van der Waals surface area contributed by atoms with Crippen molar-refractivity contribution in [1.82, 2.24) is 24.9 Å². The zero-order valence-corrected chi connectivity index (χ0v) is 20.0. The lowest BCUT2D eigenvalue weighted by Gasteiger charge is -2.35. The van der Waals surface area contributed by atoms with Gasteiger partial charge in [0, 0.05) is 45.0 Å². The van der Waals surface area contributed by atoms with Gasteiger partial charge in [0.05, 0.1) is 19.3 Å². The van der Waals surface area contributed by atoms with Crippen LogP contribution in [0.25, 0.3) is 0 Å². The van der Waals surface area contributed by atoms with Gasteiger partial charge in [-0.25, -0.2) is 0 Å². The van der Waals surface area contributed by atoms with Gasteiger partial charge in [-0.05, 0) is 45.2 Å². The van der Waals surface area contributed by atoms with Gasteiger partial charge in [0.2, 0.25) is 0 Å². The molecule has 1 aromatic heterocycles. The normalized spacial score (nSPS) is 24.1. The van der Waals surface area contributed by atoms with Crippen molar-refractivity contribution in [3.05, 3.63) is 18.0 Å². The number of aryl methyl sites for hydroxylation is 1. The molecule has 2 saturated heterocycles. The number of halogens is 1. The molecule has 1 aromatic rings. The number of likely N-dealkylation sites (tertiary alicyclic amines) is 1. The van der Waals surface area contributed by atoms with Gasteiger partial charge >= 0.3 is 0 Å². The molecule has 160 valence electrons. The summed E-state index contributed by atoms with van der Waals surface area (Å²) in [6.07, 6.45) is 7.85. The molecule has 3 rings (SSSR count). The van der Waals surface area contributed by atoms with Crippen LogP contribution >= 0.6 is 24.0 Å². The van der Waals surface area contributed by atoms with Crippen LogP contribution in [0.3, 0.4) is 0 Å². The van der Waals surface area contributed by atoms with Crippen molar-refractivity contribution in [3.63, 3.8) is 0 Å². The maximum Gasteiger partial charge on any atom is 0.194 e. The molecule has 1 N–H and O–H groups in total. The van der Waals surface area contributed by atoms with E-state index in [4.69, 9.17) is 9.73 Å². The fraction of sp³-hybridized carbons (Fsp3) is 0.800. The van der Waals surface area contributed by atoms with Crippen LogP contribution in [0.4, 0.5) is 0 Å². The van der Waals surface area contributed by atoms with Crippen LogP contribution in [0.2, 0.25) is 0 Å². The fourth-order valence-corrected chi connectivity index (χ4v) is 4.04. The van der Waals surface area contributed by atoms with Gasteiger partial charge in [-0.15, -0.1) is 24.0 Å². The van der Waals surface area contributed by atoms with Crippen molar-refractivity contribution >= 4 is 29.9 Å². The van der Waals surface area contributed by atoms with E-state index in [0.29, 0.717) is 0 Å². The van der Waals surface area contributed by atoms with Crippen molar-refractivity contribution < 1.29 is 4.74 Å². The highest BCUT2D eigenvalue weighted by Crippen LogP contribution is 2.21. The topological polar surface area (TPSA) is 57.9 Å². The van der Waals surface area contributed by atoms with E-state index in [1.807, 2.05) is 24.1 Å². The minimum Gasteiger partial charge on any atom is -0.370 e. The number of nitrogens with zero attached hydrogens (tertiary/aromatic N) is 5. The Bertz CT molecular complexity index is 607. The monoisotopic (exact) mass is 504 g/mol. The Labute approximate surface area is 186 Å². The standard InChI is InChI=1S/C20H36N6O.HI/c1-4-21-20(22-8-6-10-25-9-5-7-17(2)14-25)26-11-12-27-19(16-26)18-13-23-24(3)15-18;/h13,15,17,19H,4-12,14,16H2,1-3H3,(H,21,22);1H. The molecule has 0 aromatic carbocycles. The highest BCUT2D eigenvalue weighted by atomic mass is 127. The van der Waals surface area contributed by atoms with E-state index < -0.39 is 0 Å². The lowest BCUT2D eigenvalue weighted by Crippen LogP contribution is -2.48. The Morgan fingerprint density at radius 1 is 1.36 bits per heavy atom. The predicted molar refractivity (Wildman–Crippen MR) is 124 cm³/mol. The second-order valence-electron chi connectivity index (χ2n) is 7.89. The van der Waals surface area contributed by atoms with E-state index in [-0.39, 0.29) is 30.1 Å². The Kier molecular flexibility index (Phi) is 10.0. The Balaban J connectivity index is 0.00000280. The predicted octanol–water partition coefficient (Wildman–Crippen LogP) is 2.50. The van der Waals surface area contributed by atoms with E-state index in [1.165, 1.54) is 25.9 Å².